The standard InChI is InChI=1S/C9H11FN2O/c10-9-2-1-7(6-12-9)13-8-3-4-11-5-8/h1-2,6,8,11H,3-5H2. The molecular formula is C9H11FN2O. The molecule has 4 heteroatoms. The topological polar surface area (TPSA) is 34.1 Å². The Hall–Kier alpha value is -1.16. The Morgan fingerprint density at radius 2 is 2.46 bits per heavy atom. The molecule has 3 nitrogen and oxygen atoms in total. The van der Waals surface area contributed by atoms with E-state index in [0.29, 0.717) is 5.75 Å². The first-order valence-corrected chi connectivity index (χ1v) is 4.33. The molecule has 1 aromatic heterocycles. The van der Waals surface area contributed by atoms with Crippen molar-refractivity contribution in [1.29, 1.82) is 0 Å². The lowest BCUT2D eigenvalue weighted by Crippen LogP contribution is -2.19. The second-order valence-electron chi connectivity index (χ2n) is 3.05. The van der Waals surface area contributed by atoms with Gasteiger partial charge in [0.15, 0.2) is 0 Å². The highest BCUT2D eigenvalue weighted by molar-refractivity contribution is 5.16. The van der Waals surface area contributed by atoms with Crippen molar-refractivity contribution in [3.8, 4) is 5.75 Å². The van der Waals surface area contributed by atoms with Gasteiger partial charge in [-0.1, -0.05) is 0 Å². The Labute approximate surface area is 75.9 Å². The highest BCUT2D eigenvalue weighted by Gasteiger charge is 2.15. The van der Waals surface area contributed by atoms with E-state index in [9.17, 15) is 4.39 Å². The quantitative estimate of drug-likeness (QED) is 0.692. The summed E-state index contributed by atoms with van der Waals surface area (Å²) in [6.07, 6.45) is 2.61. The molecule has 13 heavy (non-hydrogen) atoms. The van der Waals surface area contributed by atoms with Gasteiger partial charge in [-0.15, -0.1) is 0 Å². The van der Waals surface area contributed by atoms with Gasteiger partial charge in [-0.3, -0.25) is 0 Å². The molecule has 1 unspecified atom stereocenters. The lowest BCUT2D eigenvalue weighted by Gasteiger charge is -2.11. The van der Waals surface area contributed by atoms with Crippen LogP contribution in [-0.2, 0) is 0 Å². The molecule has 0 aliphatic carbocycles. The average molecular weight is 182 g/mol. The molecule has 0 radical (unpaired) electrons. The summed E-state index contributed by atoms with van der Waals surface area (Å²) in [6.45, 7) is 1.84. The van der Waals surface area contributed by atoms with Crippen LogP contribution in [0.5, 0.6) is 5.75 Å². The molecule has 0 spiro atoms. The van der Waals surface area contributed by atoms with E-state index in [-0.39, 0.29) is 6.10 Å². The summed E-state index contributed by atoms with van der Waals surface area (Å²) in [5, 5.41) is 3.18. The van der Waals surface area contributed by atoms with Gasteiger partial charge in [-0.2, -0.15) is 4.39 Å². The van der Waals surface area contributed by atoms with Crippen LogP contribution in [0, 0.1) is 5.95 Å². The SMILES string of the molecule is Fc1ccc(OC2CCNC2)cn1. The predicted molar refractivity (Wildman–Crippen MR) is 46.1 cm³/mol. The van der Waals surface area contributed by atoms with E-state index in [1.165, 1.54) is 12.3 Å². The zero-order chi connectivity index (χ0) is 9.10. The van der Waals surface area contributed by atoms with Crippen LogP contribution in [0.25, 0.3) is 0 Å². The van der Waals surface area contributed by atoms with Gasteiger partial charge in [0, 0.05) is 6.54 Å². The smallest absolute Gasteiger partial charge is 0.213 e. The first-order chi connectivity index (χ1) is 6.34. The minimum Gasteiger partial charge on any atom is -0.487 e. The number of hydrogen-bond acceptors (Lipinski definition) is 3. The molecule has 1 aromatic rings. The predicted octanol–water partition coefficient (Wildman–Crippen LogP) is 0.961. The van der Waals surface area contributed by atoms with Crippen molar-refractivity contribution in [2.75, 3.05) is 13.1 Å². The third kappa shape index (κ3) is 2.15. The Balaban J connectivity index is 1.97. The first-order valence-electron chi connectivity index (χ1n) is 4.33. The molecule has 2 rings (SSSR count). The molecule has 0 amide bonds. The summed E-state index contributed by atoms with van der Waals surface area (Å²) in [7, 11) is 0. The minimum atomic E-state index is -0.475. The van der Waals surface area contributed by atoms with Crippen molar-refractivity contribution in [1.82, 2.24) is 10.3 Å². The molecule has 1 aliphatic heterocycles. The molecular weight excluding hydrogens is 171 g/mol. The van der Waals surface area contributed by atoms with Gasteiger partial charge < -0.3 is 10.1 Å². The van der Waals surface area contributed by atoms with E-state index in [1.54, 1.807) is 6.07 Å². The number of pyridine rings is 1. The van der Waals surface area contributed by atoms with Crippen LogP contribution < -0.4 is 10.1 Å². The maximum absolute atomic E-state index is 12.4. The number of hydrogen-bond donors (Lipinski definition) is 1. The Morgan fingerprint density at radius 1 is 1.54 bits per heavy atom. The van der Waals surface area contributed by atoms with Gasteiger partial charge in [0.1, 0.15) is 11.9 Å². The van der Waals surface area contributed by atoms with Gasteiger partial charge in [0.2, 0.25) is 5.95 Å². The van der Waals surface area contributed by atoms with E-state index in [2.05, 4.69) is 10.3 Å². The largest absolute Gasteiger partial charge is 0.487 e. The average Bonchev–Trinajstić information content (AvgIpc) is 2.62. The zero-order valence-electron chi connectivity index (χ0n) is 7.16. The van der Waals surface area contributed by atoms with Crippen molar-refractivity contribution in [3.63, 3.8) is 0 Å². The maximum atomic E-state index is 12.4. The van der Waals surface area contributed by atoms with Crippen LogP contribution in [0.15, 0.2) is 18.3 Å². The van der Waals surface area contributed by atoms with Gasteiger partial charge in [-0.05, 0) is 25.1 Å². The molecule has 2 heterocycles. The first kappa shape index (κ1) is 8.44. The molecule has 1 atom stereocenters. The van der Waals surface area contributed by atoms with Gasteiger partial charge in [0.05, 0.1) is 6.20 Å². The summed E-state index contributed by atoms with van der Waals surface area (Å²) >= 11 is 0. The van der Waals surface area contributed by atoms with Crippen molar-refractivity contribution < 1.29 is 9.13 Å². The van der Waals surface area contributed by atoms with Crippen LogP contribution in [0.4, 0.5) is 4.39 Å². The Kier molecular flexibility index (Phi) is 2.40. The fourth-order valence-electron chi connectivity index (χ4n) is 1.35. The summed E-state index contributed by atoms with van der Waals surface area (Å²) in [4.78, 5) is 3.51. The van der Waals surface area contributed by atoms with Gasteiger partial charge in [0.25, 0.3) is 0 Å². The number of rotatable bonds is 2. The maximum Gasteiger partial charge on any atom is 0.213 e. The molecule has 70 valence electrons. The van der Waals surface area contributed by atoms with Crippen molar-refractivity contribution in [2.24, 2.45) is 0 Å². The highest BCUT2D eigenvalue weighted by atomic mass is 19.1. The third-order valence-corrected chi connectivity index (χ3v) is 2.02. The van der Waals surface area contributed by atoms with Gasteiger partial charge >= 0.3 is 0 Å². The summed E-state index contributed by atoms with van der Waals surface area (Å²) in [5.41, 5.74) is 0. The lowest BCUT2D eigenvalue weighted by molar-refractivity contribution is 0.221. The van der Waals surface area contributed by atoms with E-state index < -0.39 is 5.95 Å². The minimum absolute atomic E-state index is 0.201. The van der Waals surface area contributed by atoms with Gasteiger partial charge in [-0.25, -0.2) is 4.98 Å². The van der Waals surface area contributed by atoms with Crippen LogP contribution >= 0.6 is 0 Å². The molecule has 0 aromatic carbocycles. The monoisotopic (exact) mass is 182 g/mol. The van der Waals surface area contributed by atoms with E-state index in [0.717, 1.165) is 19.5 Å². The number of nitrogens with zero attached hydrogens (tertiary/aromatic N) is 1. The lowest BCUT2D eigenvalue weighted by atomic mass is 10.3. The zero-order valence-corrected chi connectivity index (χ0v) is 7.16. The molecule has 1 aliphatic rings. The van der Waals surface area contributed by atoms with Crippen LogP contribution in [-0.4, -0.2) is 24.2 Å². The van der Waals surface area contributed by atoms with E-state index in [4.69, 9.17) is 4.74 Å². The van der Waals surface area contributed by atoms with Crippen LogP contribution in [0.3, 0.4) is 0 Å². The number of aromatic nitrogens is 1. The summed E-state index contributed by atoms with van der Waals surface area (Å²) < 4.78 is 18.0. The highest BCUT2D eigenvalue weighted by Crippen LogP contribution is 2.13. The number of halogens is 1. The van der Waals surface area contributed by atoms with Crippen molar-refractivity contribution in [2.45, 2.75) is 12.5 Å². The fourth-order valence-corrected chi connectivity index (χ4v) is 1.35. The summed E-state index contributed by atoms with van der Waals surface area (Å²) in [5.74, 6) is 0.159. The summed E-state index contributed by atoms with van der Waals surface area (Å²) in [6, 6.07) is 2.90. The number of nitrogens with one attached hydrogen (secondary N) is 1. The fraction of sp³-hybridized carbons (Fsp3) is 0.444. The van der Waals surface area contributed by atoms with Crippen molar-refractivity contribution >= 4 is 0 Å². The molecule has 0 bridgehead atoms. The van der Waals surface area contributed by atoms with Crippen molar-refractivity contribution in [3.05, 3.63) is 24.3 Å². The second kappa shape index (κ2) is 3.70. The van der Waals surface area contributed by atoms with E-state index >= 15 is 0 Å². The molecule has 1 saturated heterocycles. The Morgan fingerprint density at radius 3 is 3.08 bits per heavy atom. The molecule has 1 fully saturated rings. The second-order valence-corrected chi connectivity index (χ2v) is 3.05. The van der Waals surface area contributed by atoms with Crippen LogP contribution in [0.2, 0.25) is 0 Å². The number of ether oxygens (including phenoxy) is 1. The molecule has 0 saturated carbocycles. The Bertz CT molecular complexity index is 269. The molecule has 1 N–H and O–H groups in total. The van der Waals surface area contributed by atoms with E-state index in [1.807, 2.05) is 0 Å². The third-order valence-electron chi connectivity index (χ3n) is 2.02. The normalized spacial score (nSPS) is 21.8. The van der Waals surface area contributed by atoms with Crippen LogP contribution in [0.1, 0.15) is 6.42 Å².